The molecule has 0 fully saturated rings. The van der Waals surface area contributed by atoms with Gasteiger partial charge in [0.15, 0.2) is 5.82 Å². The Kier molecular flexibility index (Phi) is 3.20. The van der Waals surface area contributed by atoms with E-state index >= 15 is 0 Å². The lowest BCUT2D eigenvalue weighted by atomic mass is 9.92. The van der Waals surface area contributed by atoms with Crippen LogP contribution in [0.15, 0.2) is 24.3 Å². The molecule has 0 saturated heterocycles. The minimum Gasteiger partial charge on any atom is -0.384 e. The second kappa shape index (κ2) is 4.91. The third-order valence-corrected chi connectivity index (χ3v) is 3.71. The number of fused-ring (bicyclic) bond motifs is 1. The van der Waals surface area contributed by atoms with Crippen LogP contribution in [0.4, 0.5) is 11.5 Å². The van der Waals surface area contributed by atoms with E-state index in [2.05, 4.69) is 41.6 Å². The number of carbonyl (C=O) groups is 1. The minimum atomic E-state index is -0.140. The molecule has 0 unspecified atom stereocenters. The van der Waals surface area contributed by atoms with E-state index in [-0.39, 0.29) is 11.3 Å². The Bertz CT molecular complexity index is 682. The van der Waals surface area contributed by atoms with Crippen molar-refractivity contribution in [2.24, 2.45) is 0 Å². The summed E-state index contributed by atoms with van der Waals surface area (Å²) in [7, 11) is 0. The Morgan fingerprint density at radius 1 is 1.29 bits per heavy atom. The van der Waals surface area contributed by atoms with E-state index in [1.807, 2.05) is 24.3 Å². The van der Waals surface area contributed by atoms with E-state index in [1.165, 1.54) is 5.56 Å². The number of hydrogen-bond donors (Lipinski definition) is 3. The van der Waals surface area contributed by atoms with E-state index in [1.54, 1.807) is 0 Å². The van der Waals surface area contributed by atoms with Gasteiger partial charge in [-0.3, -0.25) is 9.89 Å². The summed E-state index contributed by atoms with van der Waals surface area (Å²) in [4.78, 5) is 12.3. The van der Waals surface area contributed by atoms with E-state index in [4.69, 9.17) is 0 Å². The maximum atomic E-state index is 12.3. The molecule has 2 aromatic rings. The van der Waals surface area contributed by atoms with Crippen LogP contribution in [0.5, 0.6) is 0 Å². The molecule has 0 bridgehead atoms. The van der Waals surface area contributed by atoms with Crippen LogP contribution in [0.2, 0.25) is 0 Å². The molecule has 0 atom stereocenters. The topological polar surface area (TPSA) is 69.8 Å². The molecule has 21 heavy (non-hydrogen) atoms. The Morgan fingerprint density at radius 3 is 2.81 bits per heavy atom. The van der Waals surface area contributed by atoms with Crippen LogP contribution in [-0.2, 0) is 11.8 Å². The fourth-order valence-corrected chi connectivity index (χ4v) is 2.39. The van der Waals surface area contributed by atoms with Crippen molar-refractivity contribution in [3.8, 4) is 0 Å². The number of amides is 1. The van der Waals surface area contributed by atoms with Crippen LogP contribution in [0, 0.1) is 0 Å². The van der Waals surface area contributed by atoms with Gasteiger partial charge >= 0.3 is 0 Å². The molecule has 3 rings (SSSR count). The highest BCUT2D eigenvalue weighted by Crippen LogP contribution is 2.24. The normalized spacial score (nSPS) is 13.7. The predicted octanol–water partition coefficient (Wildman–Crippen LogP) is 2.93. The number of H-pyrrole nitrogens is 1. The fourth-order valence-electron chi connectivity index (χ4n) is 2.39. The predicted molar refractivity (Wildman–Crippen MR) is 83.9 cm³/mol. The first-order chi connectivity index (χ1) is 9.93. The molecule has 0 aliphatic carbocycles. The molecular weight excluding hydrogens is 264 g/mol. The first-order valence-electron chi connectivity index (χ1n) is 7.17. The van der Waals surface area contributed by atoms with Crippen molar-refractivity contribution in [3.05, 3.63) is 41.1 Å². The van der Waals surface area contributed by atoms with Gasteiger partial charge < -0.3 is 10.6 Å². The molecule has 1 aliphatic rings. The maximum Gasteiger partial charge on any atom is 0.256 e. The highest BCUT2D eigenvalue weighted by Gasteiger charge is 2.18. The molecule has 1 aliphatic heterocycles. The standard InChI is InChI=1S/C16H20N4O/c1-16(2,3)13-9-14(20-19-13)18-15(21)11-5-4-10-6-7-17-12(10)8-11/h4-5,8-9,17H,6-7H2,1-3H3,(H2,18,19,20,21). The highest BCUT2D eigenvalue weighted by atomic mass is 16.1. The smallest absolute Gasteiger partial charge is 0.256 e. The third kappa shape index (κ3) is 2.77. The lowest BCUT2D eigenvalue weighted by molar-refractivity contribution is 0.102. The van der Waals surface area contributed by atoms with Gasteiger partial charge in [-0.25, -0.2) is 0 Å². The summed E-state index contributed by atoms with van der Waals surface area (Å²) >= 11 is 0. The van der Waals surface area contributed by atoms with Gasteiger partial charge in [0.2, 0.25) is 0 Å². The number of carbonyl (C=O) groups excluding carboxylic acids is 1. The number of hydrogen-bond acceptors (Lipinski definition) is 3. The van der Waals surface area contributed by atoms with Crippen LogP contribution in [-0.4, -0.2) is 22.6 Å². The Morgan fingerprint density at radius 2 is 2.10 bits per heavy atom. The summed E-state index contributed by atoms with van der Waals surface area (Å²) in [5, 5.41) is 13.2. The zero-order chi connectivity index (χ0) is 15.0. The average molecular weight is 284 g/mol. The second-order valence-electron chi connectivity index (χ2n) is 6.42. The van der Waals surface area contributed by atoms with Gasteiger partial charge in [0.1, 0.15) is 0 Å². The van der Waals surface area contributed by atoms with Crippen molar-refractivity contribution in [1.82, 2.24) is 10.2 Å². The number of nitrogens with one attached hydrogen (secondary N) is 3. The number of nitrogens with zero attached hydrogens (tertiary/aromatic N) is 1. The van der Waals surface area contributed by atoms with Crippen LogP contribution in [0.25, 0.3) is 0 Å². The molecule has 3 N–H and O–H groups in total. The summed E-state index contributed by atoms with van der Waals surface area (Å²) < 4.78 is 0. The summed E-state index contributed by atoms with van der Waals surface area (Å²) in [6.45, 7) is 7.23. The number of aromatic amines is 1. The molecule has 1 aromatic heterocycles. The zero-order valence-electron chi connectivity index (χ0n) is 12.6. The monoisotopic (exact) mass is 284 g/mol. The molecule has 0 spiro atoms. The van der Waals surface area contributed by atoms with Gasteiger partial charge in [0.05, 0.1) is 0 Å². The SMILES string of the molecule is CC(C)(C)c1cc(NC(=O)c2ccc3c(c2)NCC3)n[nH]1. The Hall–Kier alpha value is -2.30. The van der Waals surface area contributed by atoms with Gasteiger partial charge in [-0.05, 0) is 24.1 Å². The molecule has 1 aromatic carbocycles. The van der Waals surface area contributed by atoms with Crippen LogP contribution in [0.1, 0.15) is 42.4 Å². The maximum absolute atomic E-state index is 12.3. The van der Waals surface area contributed by atoms with E-state index in [9.17, 15) is 4.79 Å². The average Bonchev–Trinajstić information content (AvgIpc) is 3.04. The molecule has 5 heteroatoms. The Balaban J connectivity index is 1.76. The molecule has 2 heterocycles. The summed E-state index contributed by atoms with van der Waals surface area (Å²) in [6.07, 6.45) is 1.02. The van der Waals surface area contributed by atoms with Crippen molar-refractivity contribution in [2.45, 2.75) is 32.6 Å². The first kappa shape index (κ1) is 13.7. The van der Waals surface area contributed by atoms with Crippen molar-refractivity contribution in [2.75, 3.05) is 17.2 Å². The Labute approximate surface area is 124 Å². The number of rotatable bonds is 2. The lowest BCUT2D eigenvalue weighted by Gasteiger charge is -2.14. The van der Waals surface area contributed by atoms with Crippen LogP contribution in [0.3, 0.4) is 0 Å². The number of anilines is 2. The quantitative estimate of drug-likeness (QED) is 0.794. The molecule has 110 valence electrons. The van der Waals surface area contributed by atoms with Crippen molar-refractivity contribution < 1.29 is 4.79 Å². The van der Waals surface area contributed by atoms with Gasteiger partial charge in [0.25, 0.3) is 5.91 Å². The number of benzene rings is 1. The summed E-state index contributed by atoms with van der Waals surface area (Å²) in [5.41, 5.74) is 3.94. The molecule has 0 saturated carbocycles. The summed E-state index contributed by atoms with van der Waals surface area (Å²) in [6, 6.07) is 7.65. The fraction of sp³-hybridized carbons (Fsp3) is 0.375. The van der Waals surface area contributed by atoms with Crippen molar-refractivity contribution >= 4 is 17.4 Å². The molecule has 1 amide bonds. The van der Waals surface area contributed by atoms with Gasteiger partial charge in [0, 0.05) is 35.0 Å². The molecular formula is C16H20N4O. The third-order valence-electron chi connectivity index (χ3n) is 3.71. The van der Waals surface area contributed by atoms with Gasteiger partial charge in [-0.15, -0.1) is 0 Å². The van der Waals surface area contributed by atoms with E-state index in [0.29, 0.717) is 11.4 Å². The number of aromatic nitrogens is 2. The second-order valence-corrected chi connectivity index (χ2v) is 6.42. The largest absolute Gasteiger partial charge is 0.384 e. The van der Waals surface area contributed by atoms with Gasteiger partial charge in [-0.2, -0.15) is 5.10 Å². The summed E-state index contributed by atoms with van der Waals surface area (Å²) in [5.74, 6) is 0.414. The highest BCUT2D eigenvalue weighted by molar-refractivity contribution is 6.04. The lowest BCUT2D eigenvalue weighted by Crippen LogP contribution is -2.12. The van der Waals surface area contributed by atoms with E-state index in [0.717, 1.165) is 24.3 Å². The van der Waals surface area contributed by atoms with Crippen molar-refractivity contribution in [3.63, 3.8) is 0 Å². The van der Waals surface area contributed by atoms with Crippen molar-refractivity contribution in [1.29, 1.82) is 0 Å². The first-order valence-corrected chi connectivity index (χ1v) is 7.17. The van der Waals surface area contributed by atoms with Crippen LogP contribution < -0.4 is 10.6 Å². The van der Waals surface area contributed by atoms with Crippen LogP contribution >= 0.6 is 0 Å². The van der Waals surface area contributed by atoms with E-state index < -0.39 is 0 Å². The van der Waals surface area contributed by atoms with Gasteiger partial charge in [-0.1, -0.05) is 26.8 Å². The molecule has 0 radical (unpaired) electrons. The minimum absolute atomic E-state index is 0.0204. The molecule has 5 nitrogen and oxygen atoms in total. The zero-order valence-corrected chi connectivity index (χ0v) is 12.6.